The van der Waals surface area contributed by atoms with E-state index in [0.717, 1.165) is 37.1 Å². The van der Waals surface area contributed by atoms with Crippen LogP contribution in [0.5, 0.6) is 0 Å². The zero-order valence-electron chi connectivity index (χ0n) is 12.3. The van der Waals surface area contributed by atoms with E-state index in [2.05, 4.69) is 46.9 Å². The van der Waals surface area contributed by atoms with E-state index in [-0.39, 0.29) is 12.1 Å². The molecule has 1 heterocycles. The van der Waals surface area contributed by atoms with Crippen LogP contribution in [0.3, 0.4) is 0 Å². The fourth-order valence-electron chi connectivity index (χ4n) is 3.68. The molecule has 2 aromatic rings. The molecule has 3 rings (SSSR count). The number of aryl methyl sites for hydroxylation is 1. The van der Waals surface area contributed by atoms with Crippen molar-refractivity contribution in [3.63, 3.8) is 0 Å². The molecule has 1 aliphatic rings. The normalized spacial score (nSPS) is 26.4. The van der Waals surface area contributed by atoms with E-state index in [1.165, 1.54) is 5.52 Å². The third-order valence-electron chi connectivity index (χ3n) is 4.57. The Hall–Kier alpha value is -1.39. The number of imidazole rings is 1. The van der Waals surface area contributed by atoms with Crippen molar-refractivity contribution in [3.05, 3.63) is 30.1 Å². The summed E-state index contributed by atoms with van der Waals surface area (Å²) in [4.78, 5) is 4.66. The number of nitrogens with one attached hydrogen (secondary N) is 1. The van der Waals surface area contributed by atoms with Crippen LogP contribution < -0.4 is 5.32 Å². The van der Waals surface area contributed by atoms with Gasteiger partial charge in [-0.3, -0.25) is 0 Å². The lowest BCUT2D eigenvalue weighted by atomic mass is 9.98. The van der Waals surface area contributed by atoms with Gasteiger partial charge in [-0.1, -0.05) is 19.1 Å². The predicted octanol–water partition coefficient (Wildman–Crippen LogP) is 2.41. The summed E-state index contributed by atoms with van der Waals surface area (Å²) >= 11 is 0. The standard InChI is InChI=1S/C16H23N3O/c1-3-17-16(11-20)9-8-13(10-16)19-12(2)18-14-6-4-5-7-15(14)19/h4-7,13,17,20H,3,8-11H2,1-2H3. The maximum Gasteiger partial charge on any atom is 0.106 e. The van der Waals surface area contributed by atoms with E-state index in [4.69, 9.17) is 0 Å². The Bertz CT molecular complexity index is 607. The van der Waals surface area contributed by atoms with E-state index in [1.807, 2.05) is 6.07 Å². The largest absolute Gasteiger partial charge is 0.394 e. The smallest absolute Gasteiger partial charge is 0.106 e. The van der Waals surface area contributed by atoms with E-state index in [1.54, 1.807) is 0 Å². The fraction of sp³-hybridized carbons (Fsp3) is 0.562. The summed E-state index contributed by atoms with van der Waals surface area (Å²) in [5.41, 5.74) is 2.16. The predicted molar refractivity (Wildman–Crippen MR) is 80.9 cm³/mol. The van der Waals surface area contributed by atoms with Crippen LogP contribution in [0.25, 0.3) is 11.0 Å². The molecule has 0 spiro atoms. The second kappa shape index (κ2) is 5.19. The topological polar surface area (TPSA) is 50.1 Å². The highest BCUT2D eigenvalue weighted by atomic mass is 16.3. The Morgan fingerprint density at radius 1 is 1.45 bits per heavy atom. The number of rotatable bonds is 4. The van der Waals surface area contributed by atoms with Gasteiger partial charge in [0.15, 0.2) is 0 Å². The monoisotopic (exact) mass is 273 g/mol. The Morgan fingerprint density at radius 3 is 3.00 bits per heavy atom. The van der Waals surface area contributed by atoms with Crippen LogP contribution in [0.2, 0.25) is 0 Å². The van der Waals surface area contributed by atoms with Crippen molar-refractivity contribution in [3.8, 4) is 0 Å². The fourth-order valence-corrected chi connectivity index (χ4v) is 3.68. The van der Waals surface area contributed by atoms with Gasteiger partial charge in [-0.2, -0.15) is 0 Å². The number of nitrogens with zero attached hydrogens (tertiary/aromatic N) is 2. The molecular weight excluding hydrogens is 250 g/mol. The van der Waals surface area contributed by atoms with Crippen LogP contribution in [-0.2, 0) is 0 Å². The minimum absolute atomic E-state index is 0.114. The molecule has 0 bridgehead atoms. The third kappa shape index (κ3) is 2.13. The van der Waals surface area contributed by atoms with Gasteiger partial charge in [0.1, 0.15) is 5.82 Å². The minimum atomic E-state index is -0.114. The van der Waals surface area contributed by atoms with Crippen molar-refractivity contribution in [1.82, 2.24) is 14.9 Å². The lowest BCUT2D eigenvalue weighted by Gasteiger charge is -2.28. The van der Waals surface area contributed by atoms with Crippen molar-refractivity contribution in [2.45, 2.75) is 44.7 Å². The quantitative estimate of drug-likeness (QED) is 0.899. The highest BCUT2D eigenvalue weighted by molar-refractivity contribution is 5.76. The molecule has 1 aliphatic carbocycles. The van der Waals surface area contributed by atoms with Gasteiger partial charge < -0.3 is 15.0 Å². The molecule has 0 radical (unpaired) electrons. The summed E-state index contributed by atoms with van der Waals surface area (Å²) in [6, 6.07) is 8.73. The zero-order chi connectivity index (χ0) is 14.2. The number of aliphatic hydroxyl groups is 1. The number of hydrogen-bond acceptors (Lipinski definition) is 3. The summed E-state index contributed by atoms with van der Waals surface area (Å²) < 4.78 is 2.35. The number of likely N-dealkylation sites (N-methyl/N-ethyl adjacent to an activating group) is 1. The van der Waals surface area contributed by atoms with Crippen molar-refractivity contribution >= 4 is 11.0 Å². The molecule has 2 atom stereocenters. The summed E-state index contributed by atoms with van der Waals surface area (Å²) in [5, 5.41) is 13.2. The molecule has 2 N–H and O–H groups in total. The molecule has 0 saturated heterocycles. The molecular formula is C16H23N3O. The molecule has 0 aliphatic heterocycles. The van der Waals surface area contributed by atoms with Crippen molar-refractivity contribution in [2.24, 2.45) is 0 Å². The van der Waals surface area contributed by atoms with E-state index >= 15 is 0 Å². The second-order valence-corrected chi connectivity index (χ2v) is 5.88. The number of benzene rings is 1. The van der Waals surface area contributed by atoms with Crippen LogP contribution in [0.4, 0.5) is 0 Å². The lowest BCUT2D eigenvalue weighted by molar-refractivity contribution is 0.163. The summed E-state index contributed by atoms with van der Waals surface area (Å²) in [6.45, 7) is 5.29. The van der Waals surface area contributed by atoms with Gasteiger partial charge in [-0.15, -0.1) is 0 Å². The Balaban J connectivity index is 1.95. The molecule has 1 aromatic carbocycles. The van der Waals surface area contributed by atoms with Crippen molar-refractivity contribution < 1.29 is 5.11 Å². The molecule has 2 unspecified atom stereocenters. The zero-order valence-corrected chi connectivity index (χ0v) is 12.3. The van der Waals surface area contributed by atoms with Gasteiger partial charge in [0, 0.05) is 11.6 Å². The maximum atomic E-state index is 9.76. The van der Waals surface area contributed by atoms with E-state index in [0.29, 0.717) is 6.04 Å². The van der Waals surface area contributed by atoms with Crippen LogP contribution >= 0.6 is 0 Å². The van der Waals surface area contributed by atoms with Crippen molar-refractivity contribution in [1.29, 1.82) is 0 Å². The number of hydrogen-bond donors (Lipinski definition) is 2. The maximum absolute atomic E-state index is 9.76. The number of para-hydroxylation sites is 2. The lowest BCUT2D eigenvalue weighted by Crippen LogP contribution is -2.46. The van der Waals surface area contributed by atoms with Crippen LogP contribution in [0.15, 0.2) is 24.3 Å². The van der Waals surface area contributed by atoms with Crippen molar-refractivity contribution in [2.75, 3.05) is 13.2 Å². The Labute approximate surface area is 119 Å². The molecule has 4 heteroatoms. The molecule has 4 nitrogen and oxygen atoms in total. The highest BCUT2D eigenvalue weighted by Gasteiger charge is 2.39. The molecule has 20 heavy (non-hydrogen) atoms. The first kappa shape index (κ1) is 13.6. The van der Waals surface area contributed by atoms with Gasteiger partial charge >= 0.3 is 0 Å². The minimum Gasteiger partial charge on any atom is -0.394 e. The summed E-state index contributed by atoms with van der Waals surface area (Å²) in [5.74, 6) is 1.07. The molecule has 108 valence electrons. The number of aliphatic hydroxyl groups excluding tert-OH is 1. The average molecular weight is 273 g/mol. The average Bonchev–Trinajstić information content (AvgIpc) is 3.00. The Morgan fingerprint density at radius 2 is 2.25 bits per heavy atom. The van der Waals surface area contributed by atoms with Crippen LogP contribution in [-0.4, -0.2) is 33.3 Å². The SMILES string of the molecule is CCNC1(CO)CCC(n2c(C)nc3ccccc32)C1. The highest BCUT2D eigenvalue weighted by Crippen LogP contribution is 2.39. The molecule has 0 amide bonds. The summed E-state index contributed by atoms with van der Waals surface area (Å²) in [6.07, 6.45) is 3.08. The Kier molecular flexibility index (Phi) is 3.52. The molecule has 1 aromatic heterocycles. The second-order valence-electron chi connectivity index (χ2n) is 5.88. The molecule has 1 saturated carbocycles. The first-order valence-corrected chi connectivity index (χ1v) is 7.48. The van der Waals surface area contributed by atoms with Crippen LogP contribution in [0.1, 0.15) is 38.1 Å². The number of aromatic nitrogens is 2. The summed E-state index contributed by atoms with van der Waals surface area (Å²) in [7, 11) is 0. The first-order valence-electron chi connectivity index (χ1n) is 7.48. The van der Waals surface area contributed by atoms with Gasteiger partial charge in [-0.25, -0.2) is 4.98 Å². The van der Waals surface area contributed by atoms with Gasteiger partial charge in [0.2, 0.25) is 0 Å². The third-order valence-corrected chi connectivity index (χ3v) is 4.57. The van der Waals surface area contributed by atoms with Gasteiger partial charge in [0.05, 0.1) is 17.6 Å². The van der Waals surface area contributed by atoms with Gasteiger partial charge in [-0.05, 0) is 44.9 Å². The van der Waals surface area contributed by atoms with Gasteiger partial charge in [0.25, 0.3) is 0 Å². The van der Waals surface area contributed by atoms with E-state index < -0.39 is 0 Å². The first-order chi connectivity index (χ1) is 9.69. The van der Waals surface area contributed by atoms with E-state index in [9.17, 15) is 5.11 Å². The van der Waals surface area contributed by atoms with Crippen LogP contribution in [0, 0.1) is 6.92 Å². The molecule has 1 fully saturated rings. The number of fused-ring (bicyclic) bond motifs is 1.